The Bertz CT molecular complexity index is 1530. The third kappa shape index (κ3) is 7.09. The molecular weight excluding hydrogens is 546 g/mol. The number of hydrogen-bond donors (Lipinski definition) is 4. The number of aromatic amines is 1. The lowest BCUT2D eigenvalue weighted by Gasteiger charge is -2.16. The molecule has 13 heteroatoms. The first-order chi connectivity index (χ1) is 20.0. The topological polar surface area (TPSA) is 152 Å². The minimum absolute atomic E-state index is 0.263. The van der Waals surface area contributed by atoms with Crippen molar-refractivity contribution in [2.45, 2.75) is 38.1 Å². The summed E-state index contributed by atoms with van der Waals surface area (Å²) in [5.41, 5.74) is 4.45. The highest BCUT2D eigenvalue weighted by Crippen LogP contribution is 2.32. The van der Waals surface area contributed by atoms with Crippen LogP contribution in [-0.2, 0) is 9.53 Å². The van der Waals surface area contributed by atoms with Gasteiger partial charge < -0.3 is 20.4 Å². The van der Waals surface area contributed by atoms with Crippen LogP contribution in [-0.4, -0.2) is 55.8 Å². The van der Waals surface area contributed by atoms with Crippen LogP contribution in [0.5, 0.6) is 0 Å². The molecule has 0 radical (unpaired) electrons. The first-order valence-electron chi connectivity index (χ1n) is 13.3. The van der Waals surface area contributed by atoms with Crippen LogP contribution >= 0.6 is 11.6 Å². The molecule has 0 fully saturated rings. The average Bonchev–Trinajstić information content (AvgIpc) is 3.68. The first-order valence-corrected chi connectivity index (χ1v) is 13.7. The lowest BCUT2D eigenvalue weighted by Crippen LogP contribution is -2.27. The van der Waals surface area contributed by atoms with Gasteiger partial charge in [-0.15, -0.1) is 5.10 Å². The SMILES string of the molecule is COC(=O)Nc1ccc2c(c1)NCCCCCCC(NC(=O)/C=C/c1cc(Cl)ccc1-n1cnnn1)c1nc-2c[nH]1. The number of nitrogens with one attached hydrogen (secondary N) is 4. The Hall–Kier alpha value is -4.71. The zero-order chi connectivity index (χ0) is 28.6. The van der Waals surface area contributed by atoms with E-state index in [9.17, 15) is 9.59 Å². The molecule has 4 N–H and O–H groups in total. The average molecular weight is 576 g/mol. The third-order valence-electron chi connectivity index (χ3n) is 6.71. The van der Waals surface area contributed by atoms with Crippen LogP contribution in [0.4, 0.5) is 16.2 Å². The summed E-state index contributed by atoms with van der Waals surface area (Å²) < 4.78 is 6.23. The maximum Gasteiger partial charge on any atom is 0.411 e. The zero-order valence-electron chi connectivity index (χ0n) is 22.4. The Kier molecular flexibility index (Phi) is 8.89. The Labute approximate surface area is 241 Å². The van der Waals surface area contributed by atoms with Gasteiger partial charge in [0.1, 0.15) is 12.2 Å². The molecule has 1 unspecified atom stereocenters. The summed E-state index contributed by atoms with van der Waals surface area (Å²) in [6, 6.07) is 10.5. The fraction of sp³-hybridized carbons (Fsp3) is 0.286. The van der Waals surface area contributed by atoms with Gasteiger partial charge in [-0.25, -0.2) is 9.78 Å². The summed E-state index contributed by atoms with van der Waals surface area (Å²) in [5.74, 6) is 0.404. The van der Waals surface area contributed by atoms with E-state index < -0.39 is 6.09 Å². The van der Waals surface area contributed by atoms with Crippen LogP contribution in [0.15, 0.2) is 55.0 Å². The molecule has 1 aliphatic heterocycles. The summed E-state index contributed by atoms with van der Waals surface area (Å²) in [6.07, 6.45) is 10.7. The van der Waals surface area contributed by atoms with Crippen molar-refractivity contribution in [3.05, 3.63) is 71.4 Å². The number of anilines is 2. The van der Waals surface area contributed by atoms with Gasteiger partial charge in [-0.2, -0.15) is 4.68 Å². The highest BCUT2D eigenvalue weighted by molar-refractivity contribution is 6.30. The number of halogens is 1. The van der Waals surface area contributed by atoms with Crippen molar-refractivity contribution >= 4 is 41.1 Å². The first kappa shape index (κ1) is 27.8. The molecule has 0 spiro atoms. The molecule has 5 rings (SSSR count). The molecule has 2 aromatic carbocycles. The quantitative estimate of drug-likeness (QED) is 0.239. The van der Waals surface area contributed by atoms with Crippen LogP contribution in [0, 0.1) is 0 Å². The number of ether oxygens (including phenoxy) is 1. The predicted octanol–water partition coefficient (Wildman–Crippen LogP) is 5.13. The fourth-order valence-corrected chi connectivity index (χ4v) is 4.85. The van der Waals surface area contributed by atoms with Gasteiger partial charge in [0.25, 0.3) is 0 Å². The number of methoxy groups -OCH3 is 1. The van der Waals surface area contributed by atoms with E-state index in [-0.39, 0.29) is 11.9 Å². The number of nitrogens with zero attached hydrogens (tertiary/aromatic N) is 5. The lowest BCUT2D eigenvalue weighted by molar-refractivity contribution is -0.117. The molecule has 2 aromatic heterocycles. The second-order valence-corrected chi connectivity index (χ2v) is 9.97. The molecule has 212 valence electrons. The molecule has 0 aliphatic carbocycles. The van der Waals surface area contributed by atoms with E-state index in [0.29, 0.717) is 27.8 Å². The van der Waals surface area contributed by atoms with Crippen LogP contribution in [0.2, 0.25) is 5.02 Å². The number of fused-ring (bicyclic) bond motifs is 4. The monoisotopic (exact) mass is 575 g/mol. The van der Waals surface area contributed by atoms with Crippen LogP contribution in [0.3, 0.4) is 0 Å². The van der Waals surface area contributed by atoms with E-state index >= 15 is 0 Å². The van der Waals surface area contributed by atoms with Gasteiger partial charge in [0.2, 0.25) is 5.91 Å². The van der Waals surface area contributed by atoms with Gasteiger partial charge in [-0.05, 0) is 65.7 Å². The van der Waals surface area contributed by atoms with Crippen LogP contribution in [0.1, 0.15) is 49.5 Å². The van der Waals surface area contributed by atoms with Gasteiger partial charge in [0.05, 0.1) is 24.5 Å². The second kappa shape index (κ2) is 13.1. The molecule has 12 nitrogen and oxygen atoms in total. The number of benzene rings is 2. The number of rotatable bonds is 5. The van der Waals surface area contributed by atoms with Gasteiger partial charge in [0, 0.05) is 46.3 Å². The maximum atomic E-state index is 13.1. The van der Waals surface area contributed by atoms with E-state index in [1.165, 1.54) is 24.2 Å². The Morgan fingerprint density at radius 3 is 2.85 bits per heavy atom. The number of H-pyrrole nitrogens is 1. The largest absolute Gasteiger partial charge is 0.453 e. The molecule has 41 heavy (non-hydrogen) atoms. The van der Waals surface area contributed by atoms with E-state index in [4.69, 9.17) is 21.3 Å². The Balaban J connectivity index is 1.37. The number of hydrogen-bond acceptors (Lipinski definition) is 8. The van der Waals surface area contributed by atoms with Crippen LogP contribution in [0.25, 0.3) is 23.0 Å². The minimum Gasteiger partial charge on any atom is -0.453 e. The number of imidazole rings is 1. The third-order valence-corrected chi connectivity index (χ3v) is 6.94. The second-order valence-electron chi connectivity index (χ2n) is 9.53. The van der Waals surface area contributed by atoms with E-state index in [1.807, 2.05) is 18.3 Å². The van der Waals surface area contributed by atoms with Crippen LogP contribution < -0.4 is 16.0 Å². The lowest BCUT2D eigenvalue weighted by atomic mass is 10.1. The number of aromatic nitrogens is 6. The molecule has 4 aromatic rings. The van der Waals surface area contributed by atoms with Crippen molar-refractivity contribution in [2.24, 2.45) is 0 Å². The van der Waals surface area contributed by atoms with Gasteiger partial charge >= 0.3 is 6.09 Å². The molecule has 0 saturated heterocycles. The van der Waals surface area contributed by atoms with Crippen molar-refractivity contribution in [3.63, 3.8) is 0 Å². The molecular formula is C28H30ClN9O3. The Morgan fingerprint density at radius 2 is 2.02 bits per heavy atom. The molecule has 1 atom stereocenters. The number of amides is 2. The van der Waals surface area contributed by atoms with Crippen molar-refractivity contribution < 1.29 is 14.3 Å². The summed E-state index contributed by atoms with van der Waals surface area (Å²) >= 11 is 6.21. The standard InChI is InChI=1S/C28H30ClN9O3/c1-41-28(40)33-20-9-10-21-23(15-20)30-13-5-3-2-4-6-22(27-31-16-24(21)35-27)34-26(39)12-7-18-14-19(29)8-11-25(18)38-17-32-36-37-38/h7-12,14-17,22,30H,2-6,13H2,1H3,(H,31,35)(H,33,40)(H,34,39)/b12-7+. The molecule has 2 bridgehead atoms. The molecule has 1 aliphatic rings. The van der Waals surface area contributed by atoms with Crippen molar-refractivity contribution in [3.8, 4) is 16.9 Å². The van der Waals surface area contributed by atoms with Gasteiger partial charge in [0.15, 0.2) is 0 Å². The number of tetrazole rings is 1. The normalized spacial score (nSPS) is 15.5. The summed E-state index contributed by atoms with van der Waals surface area (Å²) in [6.45, 7) is 0.785. The molecule has 0 saturated carbocycles. The highest BCUT2D eigenvalue weighted by Gasteiger charge is 2.19. The smallest absolute Gasteiger partial charge is 0.411 e. The maximum absolute atomic E-state index is 13.1. The van der Waals surface area contributed by atoms with Crippen molar-refractivity contribution in [1.82, 2.24) is 35.5 Å². The summed E-state index contributed by atoms with van der Waals surface area (Å²) in [5, 5.41) is 21.1. The van der Waals surface area contributed by atoms with E-state index in [1.54, 1.807) is 30.3 Å². The minimum atomic E-state index is -0.536. The highest BCUT2D eigenvalue weighted by atomic mass is 35.5. The zero-order valence-corrected chi connectivity index (χ0v) is 23.2. The van der Waals surface area contributed by atoms with Gasteiger partial charge in [-0.1, -0.05) is 30.9 Å². The predicted molar refractivity (Wildman–Crippen MR) is 156 cm³/mol. The van der Waals surface area contributed by atoms with Crippen molar-refractivity contribution in [1.29, 1.82) is 0 Å². The van der Waals surface area contributed by atoms with E-state index in [0.717, 1.165) is 55.6 Å². The number of carbonyl (C=O) groups is 2. The van der Waals surface area contributed by atoms with E-state index in [2.05, 4.69) is 36.5 Å². The summed E-state index contributed by atoms with van der Waals surface area (Å²) in [4.78, 5) is 32.9. The fourth-order valence-electron chi connectivity index (χ4n) is 4.67. The molecule has 3 heterocycles. The Morgan fingerprint density at radius 1 is 1.15 bits per heavy atom. The van der Waals surface area contributed by atoms with Crippen molar-refractivity contribution in [2.75, 3.05) is 24.3 Å². The molecule has 2 amide bonds. The number of carbonyl (C=O) groups excluding carboxylic acids is 2. The van der Waals surface area contributed by atoms with Gasteiger partial charge in [-0.3, -0.25) is 10.1 Å². The summed E-state index contributed by atoms with van der Waals surface area (Å²) in [7, 11) is 1.33.